The summed E-state index contributed by atoms with van der Waals surface area (Å²) in [5.74, 6) is -1.70. The first-order valence-electron chi connectivity index (χ1n) is 8.67. The maximum absolute atomic E-state index is 13.1. The lowest BCUT2D eigenvalue weighted by Crippen LogP contribution is -2.44. The van der Waals surface area contributed by atoms with E-state index in [1.165, 1.54) is 4.90 Å². The maximum atomic E-state index is 13.1. The molecule has 2 aromatic carbocycles. The van der Waals surface area contributed by atoms with Gasteiger partial charge in [-0.25, -0.2) is 0 Å². The van der Waals surface area contributed by atoms with Crippen LogP contribution in [0.15, 0.2) is 54.6 Å². The van der Waals surface area contributed by atoms with E-state index in [0.29, 0.717) is 6.42 Å². The van der Waals surface area contributed by atoms with Crippen LogP contribution in [0.5, 0.6) is 0 Å². The Morgan fingerprint density at radius 3 is 2.20 bits per heavy atom. The average Bonchev–Trinajstić information content (AvgIpc) is 2.89. The summed E-state index contributed by atoms with van der Waals surface area (Å²) in [5, 5.41) is 0. The van der Waals surface area contributed by atoms with Gasteiger partial charge >= 0.3 is 0 Å². The van der Waals surface area contributed by atoms with E-state index >= 15 is 0 Å². The zero-order valence-corrected chi connectivity index (χ0v) is 13.6. The fourth-order valence-electron chi connectivity index (χ4n) is 4.94. The first kappa shape index (κ1) is 14.6. The van der Waals surface area contributed by atoms with Crippen LogP contribution >= 0.6 is 0 Å². The van der Waals surface area contributed by atoms with E-state index in [-0.39, 0.29) is 36.0 Å². The van der Waals surface area contributed by atoms with Crippen molar-refractivity contribution >= 4 is 17.6 Å². The number of amides is 2. The highest BCUT2D eigenvalue weighted by atomic mass is 16.2. The predicted octanol–water partition coefficient (Wildman–Crippen LogP) is 2.64. The Hall–Kier alpha value is -2.75. The van der Waals surface area contributed by atoms with E-state index in [2.05, 4.69) is 0 Å². The quantitative estimate of drug-likeness (QED) is 0.795. The van der Waals surface area contributed by atoms with Gasteiger partial charge in [0.2, 0.25) is 11.8 Å². The maximum Gasteiger partial charge on any atom is 0.234 e. The standard InChI is InChI=1S/C21H17NO3/c23-16-10-15-13-8-4-5-9-14(13)17(16)19-18(15)20(24)22(21(19)25)11-12-6-2-1-3-7-12/h1-9,15,17-19H,10-11H2/t15-,17+,18+,19+/m1/s1. The number of Topliss-reactive ketones (excluding diaryl/α,β-unsaturated/α-hetero) is 1. The van der Waals surface area contributed by atoms with Crippen molar-refractivity contribution < 1.29 is 14.4 Å². The number of nitrogens with zero attached hydrogens (tertiary/aromatic N) is 1. The van der Waals surface area contributed by atoms with Gasteiger partial charge in [0.1, 0.15) is 5.78 Å². The molecule has 6 rings (SSSR count). The van der Waals surface area contributed by atoms with Crippen molar-refractivity contribution in [3.63, 3.8) is 0 Å². The number of hydrogen-bond acceptors (Lipinski definition) is 3. The van der Waals surface area contributed by atoms with E-state index < -0.39 is 11.8 Å². The summed E-state index contributed by atoms with van der Waals surface area (Å²) in [6.07, 6.45) is 0.376. The van der Waals surface area contributed by atoms with Gasteiger partial charge in [-0.05, 0) is 16.7 Å². The first-order valence-corrected chi connectivity index (χ1v) is 8.67. The molecule has 2 amide bonds. The summed E-state index contributed by atoms with van der Waals surface area (Å²) in [7, 11) is 0. The Morgan fingerprint density at radius 1 is 0.800 bits per heavy atom. The van der Waals surface area contributed by atoms with Crippen LogP contribution in [-0.2, 0) is 20.9 Å². The molecule has 4 aliphatic rings. The van der Waals surface area contributed by atoms with Crippen molar-refractivity contribution in [1.29, 1.82) is 0 Å². The summed E-state index contributed by atoms with van der Waals surface area (Å²) in [5.41, 5.74) is 2.96. The topological polar surface area (TPSA) is 54.5 Å². The number of fused-ring (bicyclic) bond motifs is 1. The van der Waals surface area contributed by atoms with E-state index in [9.17, 15) is 14.4 Å². The summed E-state index contributed by atoms with van der Waals surface area (Å²) in [6, 6.07) is 17.3. The van der Waals surface area contributed by atoms with Crippen LogP contribution in [0.3, 0.4) is 0 Å². The van der Waals surface area contributed by atoms with Crippen molar-refractivity contribution in [3.8, 4) is 0 Å². The lowest BCUT2D eigenvalue weighted by molar-refractivity contribution is -0.141. The second-order valence-electron chi connectivity index (χ2n) is 7.18. The predicted molar refractivity (Wildman–Crippen MR) is 90.5 cm³/mol. The molecule has 0 unspecified atom stereocenters. The Morgan fingerprint density at radius 2 is 1.44 bits per heavy atom. The molecule has 2 bridgehead atoms. The van der Waals surface area contributed by atoms with Gasteiger partial charge in [0.25, 0.3) is 0 Å². The Bertz CT molecular complexity index is 904. The molecule has 0 spiro atoms. The number of hydrogen-bond donors (Lipinski definition) is 0. The van der Waals surface area contributed by atoms with Gasteiger partial charge in [0.15, 0.2) is 0 Å². The number of imide groups is 1. The van der Waals surface area contributed by atoms with Crippen LogP contribution in [0.2, 0.25) is 0 Å². The van der Waals surface area contributed by atoms with Crippen LogP contribution in [0.25, 0.3) is 0 Å². The largest absolute Gasteiger partial charge is 0.299 e. The molecular formula is C21H17NO3. The van der Waals surface area contributed by atoms with Crippen LogP contribution in [0.1, 0.15) is 34.9 Å². The minimum atomic E-state index is -0.516. The monoisotopic (exact) mass is 331 g/mol. The molecule has 2 aromatic rings. The van der Waals surface area contributed by atoms with Gasteiger partial charge in [-0.1, -0.05) is 54.6 Å². The highest BCUT2D eigenvalue weighted by Gasteiger charge is 2.62. The van der Waals surface area contributed by atoms with Crippen LogP contribution in [-0.4, -0.2) is 22.5 Å². The summed E-state index contributed by atoms with van der Waals surface area (Å²) < 4.78 is 0. The molecule has 1 aliphatic heterocycles. The number of benzene rings is 2. The third kappa shape index (κ3) is 1.91. The highest BCUT2D eigenvalue weighted by Crippen LogP contribution is 2.57. The first-order chi connectivity index (χ1) is 12.2. The summed E-state index contributed by atoms with van der Waals surface area (Å²) >= 11 is 0. The fraction of sp³-hybridized carbons (Fsp3) is 0.286. The second-order valence-corrected chi connectivity index (χ2v) is 7.18. The molecule has 1 heterocycles. The Labute approximate surface area is 145 Å². The van der Waals surface area contributed by atoms with E-state index in [0.717, 1.165) is 16.7 Å². The number of carbonyl (C=O) groups excluding carboxylic acids is 3. The van der Waals surface area contributed by atoms with Crippen molar-refractivity contribution in [2.24, 2.45) is 11.8 Å². The van der Waals surface area contributed by atoms with E-state index in [4.69, 9.17) is 0 Å². The molecule has 124 valence electrons. The minimum absolute atomic E-state index is 0.104. The normalized spacial score (nSPS) is 29.8. The number of carbonyl (C=O) groups is 3. The number of rotatable bonds is 2. The molecule has 1 saturated heterocycles. The van der Waals surface area contributed by atoms with Crippen LogP contribution in [0, 0.1) is 11.8 Å². The molecule has 0 aromatic heterocycles. The zero-order valence-electron chi connectivity index (χ0n) is 13.6. The molecule has 25 heavy (non-hydrogen) atoms. The average molecular weight is 331 g/mol. The zero-order chi connectivity index (χ0) is 17.1. The van der Waals surface area contributed by atoms with Crippen molar-refractivity contribution in [2.45, 2.75) is 24.8 Å². The van der Waals surface area contributed by atoms with Crippen LogP contribution in [0.4, 0.5) is 0 Å². The number of ketones is 1. The molecule has 0 N–H and O–H groups in total. The Kier molecular flexibility index (Phi) is 2.99. The van der Waals surface area contributed by atoms with Crippen molar-refractivity contribution in [2.75, 3.05) is 0 Å². The van der Waals surface area contributed by atoms with Gasteiger partial charge in [0, 0.05) is 12.3 Å². The van der Waals surface area contributed by atoms with Crippen LogP contribution < -0.4 is 0 Å². The molecule has 4 atom stereocenters. The molecular weight excluding hydrogens is 314 g/mol. The molecule has 2 fully saturated rings. The smallest absolute Gasteiger partial charge is 0.234 e. The summed E-state index contributed by atoms with van der Waals surface area (Å²) in [6.45, 7) is 0.287. The van der Waals surface area contributed by atoms with Crippen molar-refractivity contribution in [1.82, 2.24) is 4.90 Å². The van der Waals surface area contributed by atoms with E-state index in [1.54, 1.807) is 0 Å². The van der Waals surface area contributed by atoms with Gasteiger partial charge in [0.05, 0.1) is 24.3 Å². The van der Waals surface area contributed by atoms with Gasteiger partial charge in [-0.15, -0.1) is 0 Å². The second kappa shape index (κ2) is 5.12. The third-order valence-corrected chi connectivity index (χ3v) is 5.96. The fourth-order valence-corrected chi connectivity index (χ4v) is 4.94. The molecule has 4 heteroatoms. The lowest BCUT2D eigenvalue weighted by Gasteiger charge is -2.43. The SMILES string of the molecule is O=C1C[C@@H]2c3ccccc3[C@@H]1[C@@H]1C(=O)N(Cc3ccccc3)C(=O)[C@H]12. The van der Waals surface area contributed by atoms with Gasteiger partial charge < -0.3 is 0 Å². The molecule has 0 radical (unpaired) electrons. The molecule has 4 nitrogen and oxygen atoms in total. The lowest BCUT2D eigenvalue weighted by atomic mass is 9.56. The highest BCUT2D eigenvalue weighted by molar-refractivity contribution is 6.11. The van der Waals surface area contributed by atoms with Gasteiger partial charge in [-0.2, -0.15) is 0 Å². The molecule has 3 aliphatic carbocycles. The molecule has 1 saturated carbocycles. The van der Waals surface area contributed by atoms with E-state index in [1.807, 2.05) is 54.6 Å². The number of likely N-dealkylation sites (tertiary alicyclic amines) is 1. The van der Waals surface area contributed by atoms with Gasteiger partial charge in [-0.3, -0.25) is 19.3 Å². The summed E-state index contributed by atoms with van der Waals surface area (Å²) in [4.78, 5) is 40.1. The minimum Gasteiger partial charge on any atom is -0.299 e. The third-order valence-electron chi connectivity index (χ3n) is 5.96. The van der Waals surface area contributed by atoms with Crippen molar-refractivity contribution in [3.05, 3.63) is 71.3 Å². The Balaban J connectivity index is 1.57.